The molecule has 0 saturated heterocycles. The van der Waals surface area contributed by atoms with Gasteiger partial charge in [-0.25, -0.2) is 0 Å². The quantitative estimate of drug-likeness (QED) is 0.723. The monoisotopic (exact) mass is 289 g/mol. The van der Waals surface area contributed by atoms with Crippen LogP contribution in [0.3, 0.4) is 0 Å². The number of amides is 1. The molecule has 1 saturated carbocycles. The zero-order valence-electron chi connectivity index (χ0n) is 13.1. The highest BCUT2D eigenvalue weighted by atomic mass is 16.1. The van der Waals surface area contributed by atoms with Crippen LogP contribution in [-0.4, -0.2) is 29.9 Å². The zero-order valence-corrected chi connectivity index (χ0v) is 13.1. The molecule has 2 rings (SSSR count). The molecule has 1 aromatic carbocycles. The molecule has 1 aromatic rings. The Morgan fingerprint density at radius 1 is 1.38 bits per heavy atom. The highest BCUT2D eigenvalue weighted by molar-refractivity contribution is 5.91. The summed E-state index contributed by atoms with van der Waals surface area (Å²) in [6.07, 6.45) is 4.32. The number of hydrogen-bond acceptors (Lipinski definition) is 3. The lowest BCUT2D eigenvalue weighted by atomic mass is 10.1. The SMILES string of the molecule is CC(C)CCN(CCC(=O)Nc1cccc(N)c1)C1CC1. The minimum atomic E-state index is 0.0656. The summed E-state index contributed by atoms with van der Waals surface area (Å²) in [5.41, 5.74) is 7.16. The molecular formula is C17H27N3O. The van der Waals surface area contributed by atoms with E-state index in [4.69, 9.17) is 5.73 Å². The van der Waals surface area contributed by atoms with Gasteiger partial charge in [0.15, 0.2) is 0 Å². The molecule has 1 amide bonds. The number of benzene rings is 1. The van der Waals surface area contributed by atoms with Gasteiger partial charge in [0.05, 0.1) is 0 Å². The van der Waals surface area contributed by atoms with E-state index >= 15 is 0 Å². The molecular weight excluding hydrogens is 262 g/mol. The maximum atomic E-state index is 12.0. The van der Waals surface area contributed by atoms with E-state index in [0.717, 1.165) is 18.8 Å². The lowest BCUT2D eigenvalue weighted by Crippen LogP contribution is -2.31. The van der Waals surface area contributed by atoms with Crippen molar-refractivity contribution in [1.29, 1.82) is 0 Å². The molecule has 0 bridgehead atoms. The average molecular weight is 289 g/mol. The second kappa shape index (κ2) is 7.46. The lowest BCUT2D eigenvalue weighted by Gasteiger charge is -2.22. The van der Waals surface area contributed by atoms with Gasteiger partial charge in [0.2, 0.25) is 5.91 Å². The highest BCUT2D eigenvalue weighted by Gasteiger charge is 2.28. The normalized spacial score (nSPS) is 14.7. The summed E-state index contributed by atoms with van der Waals surface area (Å²) in [5, 5.41) is 2.92. The fraction of sp³-hybridized carbons (Fsp3) is 0.588. The van der Waals surface area contributed by atoms with E-state index in [-0.39, 0.29) is 5.91 Å². The third-order valence-corrected chi connectivity index (χ3v) is 3.85. The predicted octanol–water partition coefficient (Wildman–Crippen LogP) is 3.11. The second-order valence-electron chi connectivity index (χ2n) is 6.37. The number of nitrogens with two attached hydrogens (primary N) is 1. The van der Waals surface area contributed by atoms with Crippen LogP contribution in [0.25, 0.3) is 0 Å². The molecule has 0 heterocycles. The first-order valence-electron chi connectivity index (χ1n) is 7.94. The Morgan fingerprint density at radius 2 is 2.14 bits per heavy atom. The molecule has 0 aromatic heterocycles. The lowest BCUT2D eigenvalue weighted by molar-refractivity contribution is -0.116. The van der Waals surface area contributed by atoms with Gasteiger partial charge in [-0.3, -0.25) is 9.69 Å². The van der Waals surface area contributed by atoms with Crippen LogP contribution in [0, 0.1) is 5.92 Å². The molecule has 0 aliphatic heterocycles. The Morgan fingerprint density at radius 3 is 2.76 bits per heavy atom. The summed E-state index contributed by atoms with van der Waals surface area (Å²) >= 11 is 0. The van der Waals surface area contributed by atoms with Gasteiger partial charge >= 0.3 is 0 Å². The van der Waals surface area contributed by atoms with Gasteiger partial charge < -0.3 is 11.1 Å². The van der Waals surface area contributed by atoms with Crippen molar-refractivity contribution >= 4 is 17.3 Å². The molecule has 3 N–H and O–H groups in total. The number of nitrogens with zero attached hydrogens (tertiary/aromatic N) is 1. The van der Waals surface area contributed by atoms with Gasteiger partial charge in [-0.1, -0.05) is 19.9 Å². The molecule has 1 fully saturated rings. The van der Waals surface area contributed by atoms with Crippen LogP contribution in [-0.2, 0) is 4.79 Å². The number of carbonyl (C=O) groups is 1. The van der Waals surface area contributed by atoms with Crippen LogP contribution in [0.1, 0.15) is 39.5 Å². The predicted molar refractivity (Wildman–Crippen MR) is 88.2 cm³/mol. The van der Waals surface area contributed by atoms with Crippen LogP contribution in [0.4, 0.5) is 11.4 Å². The summed E-state index contributed by atoms with van der Waals surface area (Å²) in [4.78, 5) is 14.5. The molecule has 4 nitrogen and oxygen atoms in total. The smallest absolute Gasteiger partial charge is 0.225 e. The summed E-state index contributed by atoms with van der Waals surface area (Å²) in [6, 6.07) is 8.03. The van der Waals surface area contributed by atoms with E-state index in [1.54, 1.807) is 6.07 Å². The van der Waals surface area contributed by atoms with Gasteiger partial charge in [-0.15, -0.1) is 0 Å². The fourth-order valence-electron chi connectivity index (χ4n) is 2.43. The van der Waals surface area contributed by atoms with Crippen molar-refractivity contribution in [2.75, 3.05) is 24.1 Å². The summed E-state index contributed by atoms with van der Waals surface area (Å²) in [5.74, 6) is 0.781. The second-order valence-corrected chi connectivity index (χ2v) is 6.37. The zero-order chi connectivity index (χ0) is 15.2. The van der Waals surface area contributed by atoms with Crippen molar-refractivity contribution in [1.82, 2.24) is 4.90 Å². The first-order chi connectivity index (χ1) is 10.0. The van der Waals surface area contributed by atoms with Crippen molar-refractivity contribution in [2.24, 2.45) is 5.92 Å². The first kappa shape index (κ1) is 15.8. The summed E-state index contributed by atoms with van der Waals surface area (Å²) in [6.45, 7) is 6.45. The molecule has 21 heavy (non-hydrogen) atoms. The van der Waals surface area contributed by atoms with Crippen molar-refractivity contribution in [2.45, 2.75) is 45.6 Å². The van der Waals surface area contributed by atoms with Crippen LogP contribution < -0.4 is 11.1 Å². The number of carbonyl (C=O) groups excluding carboxylic acids is 1. The van der Waals surface area contributed by atoms with E-state index in [1.165, 1.54) is 19.3 Å². The molecule has 116 valence electrons. The Balaban J connectivity index is 1.76. The Hall–Kier alpha value is -1.55. The molecule has 0 atom stereocenters. The standard InChI is InChI=1S/C17H27N3O/c1-13(2)8-10-20(16-6-7-16)11-9-17(21)19-15-5-3-4-14(18)12-15/h3-5,12-13,16H,6-11,18H2,1-2H3,(H,19,21). The minimum Gasteiger partial charge on any atom is -0.399 e. The van der Waals surface area contributed by atoms with Gasteiger partial charge in [0.25, 0.3) is 0 Å². The van der Waals surface area contributed by atoms with Gasteiger partial charge in [-0.2, -0.15) is 0 Å². The third kappa shape index (κ3) is 5.76. The van der Waals surface area contributed by atoms with Crippen molar-refractivity contribution in [3.63, 3.8) is 0 Å². The van der Waals surface area contributed by atoms with Crippen molar-refractivity contribution < 1.29 is 4.79 Å². The van der Waals surface area contributed by atoms with Crippen LogP contribution >= 0.6 is 0 Å². The number of nitrogens with one attached hydrogen (secondary N) is 1. The van der Waals surface area contributed by atoms with E-state index in [1.807, 2.05) is 18.2 Å². The van der Waals surface area contributed by atoms with Crippen LogP contribution in [0.2, 0.25) is 0 Å². The van der Waals surface area contributed by atoms with E-state index in [9.17, 15) is 4.79 Å². The van der Waals surface area contributed by atoms with E-state index in [0.29, 0.717) is 24.1 Å². The summed E-state index contributed by atoms with van der Waals surface area (Å²) in [7, 11) is 0. The molecule has 0 unspecified atom stereocenters. The highest BCUT2D eigenvalue weighted by Crippen LogP contribution is 2.27. The Bertz CT molecular complexity index is 469. The van der Waals surface area contributed by atoms with Crippen molar-refractivity contribution in [3.05, 3.63) is 24.3 Å². The van der Waals surface area contributed by atoms with Crippen molar-refractivity contribution in [3.8, 4) is 0 Å². The van der Waals surface area contributed by atoms with E-state index < -0.39 is 0 Å². The number of nitrogen functional groups attached to an aromatic ring is 1. The maximum Gasteiger partial charge on any atom is 0.225 e. The van der Waals surface area contributed by atoms with Crippen LogP contribution in [0.5, 0.6) is 0 Å². The summed E-state index contributed by atoms with van der Waals surface area (Å²) < 4.78 is 0. The molecule has 0 radical (unpaired) electrons. The number of anilines is 2. The van der Waals surface area contributed by atoms with Gasteiger partial charge in [-0.05, 0) is 49.9 Å². The minimum absolute atomic E-state index is 0.0656. The molecule has 4 heteroatoms. The van der Waals surface area contributed by atoms with Crippen LogP contribution in [0.15, 0.2) is 24.3 Å². The molecule has 1 aliphatic carbocycles. The first-order valence-corrected chi connectivity index (χ1v) is 7.94. The number of hydrogen-bond donors (Lipinski definition) is 2. The third-order valence-electron chi connectivity index (χ3n) is 3.85. The Kier molecular flexibility index (Phi) is 5.62. The Labute approximate surface area is 127 Å². The molecule has 1 aliphatic rings. The van der Waals surface area contributed by atoms with Gasteiger partial charge in [0, 0.05) is 30.4 Å². The molecule has 0 spiro atoms. The number of rotatable bonds is 8. The van der Waals surface area contributed by atoms with Gasteiger partial charge in [0.1, 0.15) is 0 Å². The van der Waals surface area contributed by atoms with E-state index in [2.05, 4.69) is 24.1 Å². The largest absolute Gasteiger partial charge is 0.399 e. The average Bonchev–Trinajstić information content (AvgIpc) is 3.23. The maximum absolute atomic E-state index is 12.0. The fourth-order valence-corrected chi connectivity index (χ4v) is 2.43. The topological polar surface area (TPSA) is 58.4 Å².